The molecule has 3 heteroatoms. The van der Waals surface area contributed by atoms with Gasteiger partial charge in [-0.15, -0.1) is 0 Å². The Hall–Kier alpha value is -0.120. The first kappa shape index (κ1) is 13.3. The Kier molecular flexibility index (Phi) is 5.75. The molecular formula is C14H28N2O. The lowest BCUT2D eigenvalue weighted by Gasteiger charge is -2.32. The molecule has 3 nitrogen and oxygen atoms in total. The summed E-state index contributed by atoms with van der Waals surface area (Å²) in [4.78, 5) is 2.55. The largest absolute Gasteiger partial charge is 0.377 e. The molecule has 0 aromatic rings. The van der Waals surface area contributed by atoms with Gasteiger partial charge in [-0.2, -0.15) is 0 Å². The molecule has 0 aromatic heterocycles. The molecule has 1 aliphatic carbocycles. The number of hydrogen-bond acceptors (Lipinski definition) is 3. The van der Waals surface area contributed by atoms with Gasteiger partial charge in [-0.1, -0.05) is 19.3 Å². The smallest absolute Gasteiger partial charge is 0.0597 e. The topological polar surface area (TPSA) is 24.5 Å². The van der Waals surface area contributed by atoms with Crippen molar-refractivity contribution < 1.29 is 4.74 Å². The second-order valence-electron chi connectivity index (χ2n) is 5.54. The van der Waals surface area contributed by atoms with Crippen LogP contribution in [-0.2, 0) is 4.74 Å². The number of nitrogens with one attached hydrogen (secondary N) is 1. The summed E-state index contributed by atoms with van der Waals surface area (Å²) >= 11 is 0. The standard InChI is InChI=1S/C14H28N2O/c1-15-13-7-9-16(10-8-13)11-12-17-14-5-3-2-4-6-14/h13-15H,2-12H2,1H3. The van der Waals surface area contributed by atoms with E-state index < -0.39 is 0 Å². The molecule has 2 aliphatic rings. The number of nitrogens with zero attached hydrogens (tertiary/aromatic N) is 1. The normalized spacial score (nSPS) is 25.2. The third kappa shape index (κ3) is 4.57. The van der Waals surface area contributed by atoms with Crippen LogP contribution in [-0.4, -0.2) is 50.3 Å². The van der Waals surface area contributed by atoms with Crippen molar-refractivity contribution in [1.82, 2.24) is 10.2 Å². The molecule has 0 unspecified atom stereocenters. The Bertz CT molecular complexity index is 196. The SMILES string of the molecule is CNC1CCN(CCOC2CCCCC2)CC1. The molecule has 0 bridgehead atoms. The van der Waals surface area contributed by atoms with Gasteiger partial charge < -0.3 is 15.0 Å². The molecular weight excluding hydrogens is 212 g/mol. The van der Waals surface area contributed by atoms with Crippen LogP contribution in [0.2, 0.25) is 0 Å². The van der Waals surface area contributed by atoms with Crippen molar-refractivity contribution >= 4 is 0 Å². The monoisotopic (exact) mass is 240 g/mol. The van der Waals surface area contributed by atoms with E-state index in [0.717, 1.165) is 19.2 Å². The molecule has 1 saturated carbocycles. The number of rotatable bonds is 5. The third-order valence-electron chi connectivity index (χ3n) is 4.31. The highest BCUT2D eigenvalue weighted by atomic mass is 16.5. The molecule has 0 radical (unpaired) electrons. The first-order valence-corrected chi connectivity index (χ1v) is 7.39. The Morgan fingerprint density at radius 1 is 1.06 bits per heavy atom. The molecule has 2 fully saturated rings. The minimum absolute atomic E-state index is 0.568. The number of hydrogen-bond donors (Lipinski definition) is 1. The number of likely N-dealkylation sites (tertiary alicyclic amines) is 1. The highest BCUT2D eigenvalue weighted by Crippen LogP contribution is 2.20. The molecule has 0 aromatic carbocycles. The molecule has 1 saturated heterocycles. The average Bonchev–Trinajstić information content (AvgIpc) is 2.41. The molecule has 0 atom stereocenters. The Morgan fingerprint density at radius 2 is 1.76 bits per heavy atom. The van der Waals surface area contributed by atoms with E-state index in [-0.39, 0.29) is 0 Å². The van der Waals surface area contributed by atoms with E-state index in [1.54, 1.807) is 0 Å². The number of ether oxygens (including phenoxy) is 1. The fraction of sp³-hybridized carbons (Fsp3) is 1.00. The highest BCUT2D eigenvalue weighted by Gasteiger charge is 2.18. The van der Waals surface area contributed by atoms with Gasteiger partial charge in [-0.05, 0) is 45.8 Å². The summed E-state index contributed by atoms with van der Waals surface area (Å²) in [5, 5.41) is 3.37. The summed E-state index contributed by atoms with van der Waals surface area (Å²) in [6.45, 7) is 4.54. The van der Waals surface area contributed by atoms with Gasteiger partial charge in [0.15, 0.2) is 0 Å². The van der Waals surface area contributed by atoms with E-state index in [1.165, 1.54) is 58.0 Å². The zero-order valence-electron chi connectivity index (χ0n) is 11.3. The quantitative estimate of drug-likeness (QED) is 0.795. The van der Waals surface area contributed by atoms with Gasteiger partial charge in [0.1, 0.15) is 0 Å². The van der Waals surface area contributed by atoms with Crippen molar-refractivity contribution in [2.45, 2.75) is 57.1 Å². The number of piperidine rings is 1. The molecule has 1 N–H and O–H groups in total. The fourth-order valence-electron chi connectivity index (χ4n) is 3.03. The molecule has 1 heterocycles. The maximum atomic E-state index is 5.98. The van der Waals surface area contributed by atoms with Crippen LogP contribution in [0.1, 0.15) is 44.9 Å². The van der Waals surface area contributed by atoms with Gasteiger partial charge in [0, 0.05) is 12.6 Å². The maximum absolute atomic E-state index is 5.98. The second-order valence-corrected chi connectivity index (χ2v) is 5.54. The summed E-state index contributed by atoms with van der Waals surface area (Å²) in [6, 6.07) is 0.741. The van der Waals surface area contributed by atoms with Crippen LogP contribution in [0.4, 0.5) is 0 Å². The van der Waals surface area contributed by atoms with Gasteiger partial charge in [0.2, 0.25) is 0 Å². The predicted octanol–water partition coefficient (Wildman–Crippen LogP) is 2.02. The summed E-state index contributed by atoms with van der Waals surface area (Å²) < 4.78 is 5.98. The van der Waals surface area contributed by atoms with Gasteiger partial charge in [-0.3, -0.25) is 0 Å². The van der Waals surface area contributed by atoms with Crippen LogP contribution >= 0.6 is 0 Å². The molecule has 17 heavy (non-hydrogen) atoms. The van der Waals surface area contributed by atoms with Crippen molar-refractivity contribution in [3.8, 4) is 0 Å². The van der Waals surface area contributed by atoms with Gasteiger partial charge >= 0.3 is 0 Å². The van der Waals surface area contributed by atoms with E-state index >= 15 is 0 Å². The lowest BCUT2D eigenvalue weighted by Crippen LogP contribution is -2.42. The van der Waals surface area contributed by atoms with Gasteiger partial charge in [-0.25, -0.2) is 0 Å². The first-order valence-electron chi connectivity index (χ1n) is 7.39. The maximum Gasteiger partial charge on any atom is 0.0597 e. The second kappa shape index (κ2) is 7.34. The van der Waals surface area contributed by atoms with E-state index in [9.17, 15) is 0 Å². The van der Waals surface area contributed by atoms with Gasteiger partial charge in [0.25, 0.3) is 0 Å². The van der Waals surface area contributed by atoms with Crippen LogP contribution in [0.5, 0.6) is 0 Å². The van der Waals surface area contributed by atoms with Gasteiger partial charge in [0.05, 0.1) is 12.7 Å². The molecule has 0 amide bonds. The predicted molar refractivity (Wildman–Crippen MR) is 71.3 cm³/mol. The van der Waals surface area contributed by atoms with Crippen LogP contribution in [0.3, 0.4) is 0 Å². The Balaban J connectivity index is 1.53. The average molecular weight is 240 g/mol. The molecule has 100 valence electrons. The summed E-state index contributed by atoms with van der Waals surface area (Å²) in [7, 11) is 2.08. The molecule has 0 spiro atoms. The Morgan fingerprint density at radius 3 is 2.41 bits per heavy atom. The van der Waals surface area contributed by atoms with Crippen LogP contribution in [0, 0.1) is 0 Å². The van der Waals surface area contributed by atoms with Crippen molar-refractivity contribution in [3.63, 3.8) is 0 Å². The van der Waals surface area contributed by atoms with E-state index in [2.05, 4.69) is 17.3 Å². The van der Waals surface area contributed by atoms with Crippen LogP contribution < -0.4 is 5.32 Å². The van der Waals surface area contributed by atoms with Crippen molar-refractivity contribution in [2.75, 3.05) is 33.3 Å². The summed E-state index contributed by atoms with van der Waals surface area (Å²) in [6.07, 6.45) is 9.90. The zero-order chi connectivity index (χ0) is 11.9. The van der Waals surface area contributed by atoms with Crippen molar-refractivity contribution in [2.24, 2.45) is 0 Å². The highest BCUT2D eigenvalue weighted by molar-refractivity contribution is 4.75. The molecule has 2 rings (SSSR count). The third-order valence-corrected chi connectivity index (χ3v) is 4.31. The summed E-state index contributed by atoms with van der Waals surface area (Å²) in [5.74, 6) is 0. The van der Waals surface area contributed by atoms with E-state index in [1.807, 2.05) is 0 Å². The first-order chi connectivity index (χ1) is 8.38. The lowest BCUT2D eigenvalue weighted by molar-refractivity contribution is 0.0130. The molecule has 1 aliphatic heterocycles. The van der Waals surface area contributed by atoms with E-state index in [0.29, 0.717) is 6.10 Å². The van der Waals surface area contributed by atoms with Crippen molar-refractivity contribution in [1.29, 1.82) is 0 Å². The summed E-state index contributed by atoms with van der Waals surface area (Å²) in [5.41, 5.74) is 0. The van der Waals surface area contributed by atoms with E-state index in [4.69, 9.17) is 4.74 Å². The zero-order valence-corrected chi connectivity index (χ0v) is 11.3. The minimum atomic E-state index is 0.568. The minimum Gasteiger partial charge on any atom is -0.377 e. The van der Waals surface area contributed by atoms with Crippen molar-refractivity contribution in [3.05, 3.63) is 0 Å². The Labute approximate surface area is 106 Å². The van der Waals surface area contributed by atoms with Crippen LogP contribution in [0.15, 0.2) is 0 Å². The lowest BCUT2D eigenvalue weighted by atomic mass is 9.98. The van der Waals surface area contributed by atoms with Crippen LogP contribution in [0.25, 0.3) is 0 Å². The fourth-order valence-corrected chi connectivity index (χ4v) is 3.03.